The summed E-state index contributed by atoms with van der Waals surface area (Å²) >= 11 is 7.35. The molecule has 0 bridgehead atoms. The quantitative estimate of drug-likeness (QED) is 0.753. The van der Waals surface area contributed by atoms with E-state index in [0.717, 1.165) is 21.2 Å². The van der Waals surface area contributed by atoms with E-state index in [9.17, 15) is 4.79 Å². The van der Waals surface area contributed by atoms with Crippen LogP contribution in [0.25, 0.3) is 0 Å². The van der Waals surface area contributed by atoms with E-state index in [4.69, 9.17) is 11.6 Å². The van der Waals surface area contributed by atoms with E-state index in [1.54, 1.807) is 4.90 Å². The first-order chi connectivity index (χ1) is 7.54. The lowest BCUT2D eigenvalue weighted by atomic mass is 10.2. The number of nitrogens with zero attached hydrogens (tertiary/aromatic N) is 1. The Kier molecular flexibility index (Phi) is 5.03. The normalized spacial score (nSPS) is 11.6. The molecule has 0 aliphatic rings. The van der Waals surface area contributed by atoms with Crippen molar-refractivity contribution in [1.82, 2.24) is 4.90 Å². The Bertz CT molecular complexity index is 397. The van der Waals surface area contributed by atoms with Crippen LogP contribution in [0, 0.1) is 0 Å². The SMILES string of the molecule is CC/C=C(\C)C(=O)N(C)Cc1ccc(Cl)s1. The molecule has 0 spiro atoms. The van der Waals surface area contributed by atoms with Gasteiger partial charge in [-0.05, 0) is 25.5 Å². The van der Waals surface area contributed by atoms with Crippen LogP contribution in [0.2, 0.25) is 4.34 Å². The average Bonchev–Trinajstić information content (AvgIpc) is 2.63. The molecule has 1 aromatic heterocycles. The largest absolute Gasteiger partial charge is 0.337 e. The van der Waals surface area contributed by atoms with Gasteiger partial charge in [0.1, 0.15) is 0 Å². The van der Waals surface area contributed by atoms with Gasteiger partial charge in [0, 0.05) is 17.5 Å². The second kappa shape index (κ2) is 6.06. The third-order valence-corrected chi connectivity index (χ3v) is 3.43. The summed E-state index contributed by atoms with van der Waals surface area (Å²) in [4.78, 5) is 14.7. The maximum atomic E-state index is 11.9. The van der Waals surface area contributed by atoms with Gasteiger partial charge in [-0.15, -0.1) is 11.3 Å². The van der Waals surface area contributed by atoms with Crippen LogP contribution in [0.3, 0.4) is 0 Å². The molecule has 0 saturated carbocycles. The molecule has 1 rings (SSSR count). The van der Waals surface area contributed by atoms with Crippen molar-refractivity contribution in [2.75, 3.05) is 7.05 Å². The molecule has 0 radical (unpaired) electrons. The third kappa shape index (κ3) is 3.65. The lowest BCUT2D eigenvalue weighted by molar-refractivity contribution is -0.126. The van der Waals surface area contributed by atoms with Crippen molar-refractivity contribution >= 4 is 28.8 Å². The number of halogens is 1. The molecule has 0 atom stereocenters. The Balaban J connectivity index is 2.62. The Labute approximate surface area is 106 Å². The number of hydrogen-bond donors (Lipinski definition) is 0. The topological polar surface area (TPSA) is 20.3 Å². The number of carbonyl (C=O) groups is 1. The van der Waals surface area contributed by atoms with Crippen molar-refractivity contribution in [2.45, 2.75) is 26.8 Å². The predicted molar refractivity (Wildman–Crippen MR) is 69.9 cm³/mol. The van der Waals surface area contributed by atoms with Gasteiger partial charge in [-0.1, -0.05) is 24.6 Å². The smallest absolute Gasteiger partial charge is 0.249 e. The van der Waals surface area contributed by atoms with E-state index in [-0.39, 0.29) is 5.91 Å². The summed E-state index contributed by atoms with van der Waals surface area (Å²) < 4.78 is 0.761. The fraction of sp³-hybridized carbons (Fsp3) is 0.417. The maximum Gasteiger partial charge on any atom is 0.249 e. The van der Waals surface area contributed by atoms with E-state index in [1.807, 2.05) is 39.1 Å². The zero-order chi connectivity index (χ0) is 12.1. The zero-order valence-electron chi connectivity index (χ0n) is 9.79. The highest BCUT2D eigenvalue weighted by molar-refractivity contribution is 7.16. The molecule has 0 N–H and O–H groups in total. The van der Waals surface area contributed by atoms with Crippen LogP contribution in [-0.4, -0.2) is 17.9 Å². The van der Waals surface area contributed by atoms with Crippen molar-refractivity contribution in [3.63, 3.8) is 0 Å². The Hall–Kier alpha value is -0.800. The number of hydrogen-bond acceptors (Lipinski definition) is 2. The van der Waals surface area contributed by atoms with Gasteiger partial charge in [0.2, 0.25) is 5.91 Å². The number of likely N-dealkylation sites (N-methyl/N-ethyl adjacent to an activating group) is 1. The van der Waals surface area contributed by atoms with Crippen LogP contribution in [0.5, 0.6) is 0 Å². The van der Waals surface area contributed by atoms with Crippen molar-refractivity contribution in [2.24, 2.45) is 0 Å². The van der Waals surface area contributed by atoms with Crippen LogP contribution in [0.4, 0.5) is 0 Å². The minimum absolute atomic E-state index is 0.0753. The standard InChI is InChI=1S/C12H16ClNOS/c1-4-5-9(2)12(15)14(3)8-10-6-7-11(13)16-10/h5-7H,4,8H2,1-3H3/b9-5+. The highest BCUT2D eigenvalue weighted by Gasteiger charge is 2.11. The zero-order valence-corrected chi connectivity index (χ0v) is 11.4. The number of thiophene rings is 1. The Morgan fingerprint density at radius 2 is 2.25 bits per heavy atom. The molecular formula is C12H16ClNOS. The van der Waals surface area contributed by atoms with Crippen LogP contribution >= 0.6 is 22.9 Å². The second-order valence-corrected chi connectivity index (χ2v) is 5.46. The van der Waals surface area contributed by atoms with Gasteiger partial charge in [-0.3, -0.25) is 4.79 Å². The minimum Gasteiger partial charge on any atom is -0.337 e. The lowest BCUT2D eigenvalue weighted by Gasteiger charge is -2.16. The highest BCUT2D eigenvalue weighted by atomic mass is 35.5. The second-order valence-electron chi connectivity index (χ2n) is 3.66. The summed E-state index contributed by atoms with van der Waals surface area (Å²) in [5.41, 5.74) is 0.799. The summed E-state index contributed by atoms with van der Waals surface area (Å²) in [6, 6.07) is 3.81. The van der Waals surface area contributed by atoms with E-state index < -0.39 is 0 Å². The van der Waals surface area contributed by atoms with Gasteiger partial charge < -0.3 is 4.90 Å². The van der Waals surface area contributed by atoms with Crippen molar-refractivity contribution in [3.8, 4) is 0 Å². The van der Waals surface area contributed by atoms with Gasteiger partial charge in [-0.25, -0.2) is 0 Å². The maximum absolute atomic E-state index is 11.9. The average molecular weight is 258 g/mol. The molecule has 1 heterocycles. The molecule has 1 aromatic rings. The first kappa shape index (κ1) is 13.3. The number of amides is 1. The molecule has 2 nitrogen and oxygen atoms in total. The van der Waals surface area contributed by atoms with Crippen molar-refractivity contribution in [1.29, 1.82) is 0 Å². The molecule has 0 fully saturated rings. The van der Waals surface area contributed by atoms with Gasteiger partial charge in [0.15, 0.2) is 0 Å². The van der Waals surface area contributed by atoms with Gasteiger partial charge in [0.25, 0.3) is 0 Å². The molecule has 1 amide bonds. The van der Waals surface area contributed by atoms with Crippen LogP contribution in [0.15, 0.2) is 23.8 Å². The number of rotatable bonds is 4. The fourth-order valence-corrected chi connectivity index (χ4v) is 2.58. The first-order valence-corrected chi connectivity index (χ1v) is 6.40. The van der Waals surface area contributed by atoms with Crippen molar-refractivity contribution < 1.29 is 4.79 Å². The minimum atomic E-state index is 0.0753. The molecule has 4 heteroatoms. The molecule has 0 saturated heterocycles. The summed E-state index contributed by atoms with van der Waals surface area (Å²) in [5, 5.41) is 0. The van der Waals surface area contributed by atoms with Crippen LogP contribution < -0.4 is 0 Å². The molecule has 88 valence electrons. The highest BCUT2D eigenvalue weighted by Crippen LogP contribution is 2.22. The summed E-state index contributed by atoms with van der Waals surface area (Å²) in [7, 11) is 1.81. The van der Waals surface area contributed by atoms with Gasteiger partial charge in [0.05, 0.1) is 10.9 Å². The summed E-state index contributed by atoms with van der Waals surface area (Å²) in [6.07, 6.45) is 2.83. The Morgan fingerprint density at radius 1 is 1.56 bits per heavy atom. The van der Waals surface area contributed by atoms with E-state index in [2.05, 4.69) is 0 Å². The molecule has 16 heavy (non-hydrogen) atoms. The van der Waals surface area contributed by atoms with Crippen molar-refractivity contribution in [3.05, 3.63) is 33.0 Å². The number of allylic oxidation sites excluding steroid dienone is 1. The first-order valence-electron chi connectivity index (χ1n) is 5.21. The van der Waals surface area contributed by atoms with Crippen LogP contribution in [0.1, 0.15) is 25.1 Å². The Morgan fingerprint density at radius 3 is 2.75 bits per heavy atom. The molecular weight excluding hydrogens is 242 g/mol. The number of carbonyl (C=O) groups excluding carboxylic acids is 1. The third-order valence-electron chi connectivity index (χ3n) is 2.22. The van der Waals surface area contributed by atoms with Gasteiger partial charge >= 0.3 is 0 Å². The molecule has 0 aromatic carbocycles. The molecule has 0 aliphatic carbocycles. The van der Waals surface area contributed by atoms with E-state index in [1.165, 1.54) is 11.3 Å². The lowest BCUT2D eigenvalue weighted by Crippen LogP contribution is -2.26. The summed E-state index contributed by atoms with van der Waals surface area (Å²) in [6.45, 7) is 4.49. The van der Waals surface area contributed by atoms with E-state index in [0.29, 0.717) is 6.54 Å². The van der Waals surface area contributed by atoms with Gasteiger partial charge in [-0.2, -0.15) is 0 Å². The summed E-state index contributed by atoms with van der Waals surface area (Å²) in [5.74, 6) is 0.0753. The molecule has 0 unspecified atom stereocenters. The van der Waals surface area contributed by atoms with E-state index >= 15 is 0 Å². The van der Waals surface area contributed by atoms with Crippen LogP contribution in [-0.2, 0) is 11.3 Å². The fourth-order valence-electron chi connectivity index (χ4n) is 1.44. The predicted octanol–water partition coefficient (Wildman–Crippen LogP) is 3.72. The molecule has 0 aliphatic heterocycles. The monoisotopic (exact) mass is 257 g/mol.